The predicted molar refractivity (Wildman–Crippen MR) is 98.6 cm³/mol. The molecule has 0 bridgehead atoms. The Morgan fingerprint density at radius 3 is 2.33 bits per heavy atom. The Balaban J connectivity index is 1.78. The van der Waals surface area contributed by atoms with Crippen molar-refractivity contribution in [2.24, 2.45) is 0 Å². The SMILES string of the molecule is CN(C)c1ccc(-n2cccc2-c2ccc3nccnc3c2)cc1. The quantitative estimate of drug-likeness (QED) is 0.569. The van der Waals surface area contributed by atoms with E-state index in [0.29, 0.717) is 0 Å². The summed E-state index contributed by atoms with van der Waals surface area (Å²) in [5.74, 6) is 0. The number of benzene rings is 2. The van der Waals surface area contributed by atoms with Gasteiger partial charge in [0.15, 0.2) is 0 Å². The van der Waals surface area contributed by atoms with Crippen LogP contribution in [-0.2, 0) is 0 Å². The van der Waals surface area contributed by atoms with Crippen molar-refractivity contribution < 1.29 is 0 Å². The van der Waals surface area contributed by atoms with E-state index < -0.39 is 0 Å². The van der Waals surface area contributed by atoms with E-state index >= 15 is 0 Å². The van der Waals surface area contributed by atoms with Crippen molar-refractivity contribution in [1.82, 2.24) is 14.5 Å². The van der Waals surface area contributed by atoms with E-state index in [9.17, 15) is 0 Å². The van der Waals surface area contributed by atoms with E-state index in [1.807, 2.05) is 20.2 Å². The molecule has 0 unspecified atom stereocenters. The maximum Gasteiger partial charge on any atom is 0.0893 e. The summed E-state index contributed by atoms with van der Waals surface area (Å²) in [6.45, 7) is 0. The first-order chi connectivity index (χ1) is 11.7. The summed E-state index contributed by atoms with van der Waals surface area (Å²) >= 11 is 0. The minimum absolute atomic E-state index is 0.908. The first kappa shape index (κ1) is 14.5. The molecule has 0 spiro atoms. The van der Waals surface area contributed by atoms with Gasteiger partial charge in [-0.25, -0.2) is 0 Å². The number of hydrogen-bond donors (Lipinski definition) is 0. The monoisotopic (exact) mass is 314 g/mol. The third-order valence-electron chi connectivity index (χ3n) is 4.16. The van der Waals surface area contributed by atoms with E-state index in [1.165, 1.54) is 5.69 Å². The molecule has 0 saturated heterocycles. The Kier molecular flexibility index (Phi) is 3.50. The number of anilines is 1. The second kappa shape index (κ2) is 5.81. The average Bonchev–Trinajstić information content (AvgIpc) is 3.11. The highest BCUT2D eigenvalue weighted by Gasteiger charge is 2.08. The lowest BCUT2D eigenvalue weighted by atomic mass is 10.1. The van der Waals surface area contributed by atoms with Crippen molar-refractivity contribution in [1.29, 1.82) is 0 Å². The Hall–Kier alpha value is -3.14. The van der Waals surface area contributed by atoms with Gasteiger partial charge in [0.1, 0.15) is 0 Å². The van der Waals surface area contributed by atoms with Crippen LogP contribution < -0.4 is 4.90 Å². The molecule has 0 saturated carbocycles. The van der Waals surface area contributed by atoms with Gasteiger partial charge in [0, 0.05) is 49.6 Å². The normalized spacial score (nSPS) is 10.9. The van der Waals surface area contributed by atoms with Gasteiger partial charge in [-0.1, -0.05) is 6.07 Å². The van der Waals surface area contributed by atoms with Crippen molar-refractivity contribution >= 4 is 16.7 Å². The van der Waals surface area contributed by atoms with Gasteiger partial charge < -0.3 is 9.47 Å². The summed E-state index contributed by atoms with van der Waals surface area (Å²) < 4.78 is 2.19. The Bertz CT molecular complexity index is 984. The van der Waals surface area contributed by atoms with Crippen LogP contribution in [-0.4, -0.2) is 28.6 Å². The fourth-order valence-corrected chi connectivity index (χ4v) is 2.88. The zero-order valence-electron chi connectivity index (χ0n) is 13.7. The first-order valence-electron chi connectivity index (χ1n) is 7.89. The van der Waals surface area contributed by atoms with Crippen LogP contribution in [0, 0.1) is 0 Å². The number of nitrogens with zero attached hydrogens (tertiary/aromatic N) is 4. The molecule has 24 heavy (non-hydrogen) atoms. The van der Waals surface area contributed by atoms with E-state index in [2.05, 4.69) is 74.2 Å². The van der Waals surface area contributed by atoms with Crippen molar-refractivity contribution in [2.75, 3.05) is 19.0 Å². The number of hydrogen-bond acceptors (Lipinski definition) is 3. The molecule has 0 radical (unpaired) electrons. The molecule has 0 aliphatic carbocycles. The lowest BCUT2D eigenvalue weighted by molar-refractivity contribution is 1.08. The average molecular weight is 314 g/mol. The van der Waals surface area contributed by atoms with E-state index in [4.69, 9.17) is 0 Å². The fourth-order valence-electron chi connectivity index (χ4n) is 2.88. The van der Waals surface area contributed by atoms with Crippen molar-refractivity contribution in [2.45, 2.75) is 0 Å². The second-order valence-electron chi connectivity index (χ2n) is 5.93. The van der Waals surface area contributed by atoms with Gasteiger partial charge in [-0.3, -0.25) is 9.97 Å². The maximum absolute atomic E-state index is 4.41. The standard InChI is InChI=1S/C20H18N4/c1-23(2)16-6-8-17(9-7-16)24-13-3-4-20(24)15-5-10-18-19(14-15)22-12-11-21-18/h3-14H,1-2H3. The molecule has 4 rings (SSSR count). The minimum Gasteiger partial charge on any atom is -0.378 e. The van der Waals surface area contributed by atoms with Crippen LogP contribution in [0.1, 0.15) is 0 Å². The number of aromatic nitrogens is 3. The highest BCUT2D eigenvalue weighted by Crippen LogP contribution is 2.26. The fraction of sp³-hybridized carbons (Fsp3) is 0.100. The van der Waals surface area contributed by atoms with Crippen LogP contribution in [0.2, 0.25) is 0 Å². The van der Waals surface area contributed by atoms with Crippen LogP contribution >= 0.6 is 0 Å². The third-order valence-corrected chi connectivity index (χ3v) is 4.16. The summed E-state index contributed by atoms with van der Waals surface area (Å²) in [5, 5.41) is 0. The molecule has 0 atom stereocenters. The minimum atomic E-state index is 0.908. The van der Waals surface area contributed by atoms with Crippen LogP contribution in [0.25, 0.3) is 28.0 Å². The highest BCUT2D eigenvalue weighted by atomic mass is 15.1. The summed E-state index contributed by atoms with van der Waals surface area (Å²) in [5.41, 5.74) is 6.42. The summed E-state index contributed by atoms with van der Waals surface area (Å²) in [7, 11) is 4.10. The van der Waals surface area contributed by atoms with Gasteiger partial charge in [0.25, 0.3) is 0 Å². The van der Waals surface area contributed by atoms with Crippen molar-refractivity contribution in [3.63, 3.8) is 0 Å². The van der Waals surface area contributed by atoms with E-state index in [1.54, 1.807) is 12.4 Å². The molecule has 0 aliphatic heterocycles. The van der Waals surface area contributed by atoms with Gasteiger partial charge in [-0.05, 0) is 48.5 Å². The Morgan fingerprint density at radius 1 is 0.833 bits per heavy atom. The lowest BCUT2D eigenvalue weighted by Gasteiger charge is -2.14. The molecule has 4 heteroatoms. The molecule has 4 nitrogen and oxygen atoms in total. The molecule has 0 fully saturated rings. The molecule has 4 aromatic rings. The van der Waals surface area contributed by atoms with Gasteiger partial charge in [0.2, 0.25) is 0 Å². The van der Waals surface area contributed by atoms with Gasteiger partial charge in [0.05, 0.1) is 16.7 Å². The van der Waals surface area contributed by atoms with Crippen LogP contribution in [0.15, 0.2) is 73.2 Å². The highest BCUT2D eigenvalue weighted by molar-refractivity contribution is 5.80. The van der Waals surface area contributed by atoms with Crippen LogP contribution in [0.4, 0.5) is 5.69 Å². The molecule has 0 amide bonds. The van der Waals surface area contributed by atoms with Crippen LogP contribution in [0.3, 0.4) is 0 Å². The summed E-state index contributed by atoms with van der Waals surface area (Å²) in [6.07, 6.45) is 5.53. The largest absolute Gasteiger partial charge is 0.378 e. The summed E-state index contributed by atoms with van der Waals surface area (Å²) in [4.78, 5) is 10.8. The maximum atomic E-state index is 4.41. The van der Waals surface area contributed by atoms with E-state index in [-0.39, 0.29) is 0 Å². The molecule has 2 aromatic heterocycles. The summed E-state index contributed by atoms with van der Waals surface area (Å²) in [6, 6.07) is 18.9. The van der Waals surface area contributed by atoms with Gasteiger partial charge >= 0.3 is 0 Å². The molecular weight excluding hydrogens is 296 g/mol. The Morgan fingerprint density at radius 2 is 1.58 bits per heavy atom. The van der Waals surface area contributed by atoms with Crippen molar-refractivity contribution in [3.05, 3.63) is 73.2 Å². The molecule has 0 N–H and O–H groups in total. The van der Waals surface area contributed by atoms with Gasteiger partial charge in [-0.2, -0.15) is 0 Å². The predicted octanol–water partition coefficient (Wildman–Crippen LogP) is 4.15. The number of fused-ring (bicyclic) bond motifs is 1. The van der Waals surface area contributed by atoms with Gasteiger partial charge in [-0.15, -0.1) is 0 Å². The molecule has 2 heterocycles. The zero-order valence-corrected chi connectivity index (χ0v) is 13.7. The molecule has 0 aliphatic rings. The second-order valence-corrected chi connectivity index (χ2v) is 5.93. The smallest absolute Gasteiger partial charge is 0.0893 e. The van der Waals surface area contributed by atoms with Crippen molar-refractivity contribution in [3.8, 4) is 16.9 Å². The third kappa shape index (κ3) is 2.52. The number of rotatable bonds is 3. The Labute approximate surface area is 141 Å². The molecule has 2 aromatic carbocycles. The van der Waals surface area contributed by atoms with E-state index in [0.717, 1.165) is 28.0 Å². The lowest BCUT2D eigenvalue weighted by Crippen LogP contribution is -2.08. The topological polar surface area (TPSA) is 34.0 Å². The molecule has 118 valence electrons. The zero-order chi connectivity index (χ0) is 16.5. The van der Waals surface area contributed by atoms with Crippen LogP contribution in [0.5, 0.6) is 0 Å². The first-order valence-corrected chi connectivity index (χ1v) is 7.89. The molecular formula is C20H18N4.